The lowest BCUT2D eigenvalue weighted by atomic mass is 9.87. The maximum Gasteiger partial charge on any atom is 0.317 e. The molecule has 2 N–H and O–H groups in total. The van der Waals surface area contributed by atoms with Crippen LogP contribution in [0, 0.1) is 11.8 Å². The Morgan fingerprint density at radius 1 is 0.800 bits per heavy atom. The van der Waals surface area contributed by atoms with Crippen molar-refractivity contribution >= 4 is 23.9 Å². The number of carbonyl (C=O) groups is 4. The summed E-state index contributed by atoms with van der Waals surface area (Å²) in [6, 6.07) is 0. The zero-order valence-corrected chi connectivity index (χ0v) is 10.7. The third kappa shape index (κ3) is 4.39. The van der Waals surface area contributed by atoms with E-state index in [1.807, 2.05) is 0 Å². The number of hydrogen-bond donors (Lipinski definition) is 2. The number of aliphatic hydroxyl groups is 2. The largest absolute Gasteiger partial charge is 0.396 e. The molecule has 0 saturated carbocycles. The molecule has 8 nitrogen and oxygen atoms in total. The summed E-state index contributed by atoms with van der Waals surface area (Å²) in [6.45, 7) is -0.839. The van der Waals surface area contributed by atoms with Crippen LogP contribution in [0.1, 0.15) is 25.7 Å². The molecule has 0 bridgehead atoms. The monoisotopic (exact) mass is 288 g/mol. The molecule has 2 atom stereocenters. The Morgan fingerprint density at radius 3 is 1.45 bits per heavy atom. The molecule has 2 unspecified atom stereocenters. The summed E-state index contributed by atoms with van der Waals surface area (Å²) in [5.74, 6) is -6.01. The fourth-order valence-corrected chi connectivity index (χ4v) is 1.93. The summed E-state index contributed by atoms with van der Waals surface area (Å²) in [5.41, 5.74) is 0. The molecular formula is C12H16O8. The summed E-state index contributed by atoms with van der Waals surface area (Å²) in [4.78, 5) is 46.2. The minimum Gasteiger partial charge on any atom is -0.396 e. The lowest BCUT2D eigenvalue weighted by Crippen LogP contribution is -2.37. The highest BCUT2D eigenvalue weighted by Crippen LogP contribution is 2.24. The van der Waals surface area contributed by atoms with Gasteiger partial charge in [-0.15, -0.1) is 0 Å². The molecular weight excluding hydrogens is 272 g/mol. The highest BCUT2D eigenvalue weighted by Gasteiger charge is 2.38. The SMILES string of the molecule is O=C1CCC(=O)OC(=O)C(CCO)C(CCO)C(=O)O1. The average molecular weight is 288 g/mol. The van der Waals surface area contributed by atoms with Gasteiger partial charge in [-0.05, 0) is 12.8 Å². The van der Waals surface area contributed by atoms with Gasteiger partial charge >= 0.3 is 23.9 Å². The predicted molar refractivity (Wildman–Crippen MR) is 61.8 cm³/mol. The van der Waals surface area contributed by atoms with E-state index < -0.39 is 48.9 Å². The van der Waals surface area contributed by atoms with Crippen molar-refractivity contribution in [3.05, 3.63) is 0 Å². The Balaban J connectivity index is 3.01. The molecule has 0 radical (unpaired) electrons. The van der Waals surface area contributed by atoms with Crippen LogP contribution in [-0.2, 0) is 28.7 Å². The second-order valence-electron chi connectivity index (χ2n) is 4.32. The van der Waals surface area contributed by atoms with E-state index in [9.17, 15) is 19.2 Å². The van der Waals surface area contributed by atoms with Crippen molar-refractivity contribution in [1.29, 1.82) is 0 Å². The Hall–Kier alpha value is -1.80. The van der Waals surface area contributed by atoms with Crippen molar-refractivity contribution in [1.82, 2.24) is 0 Å². The molecule has 1 aliphatic rings. The van der Waals surface area contributed by atoms with Crippen molar-refractivity contribution in [2.24, 2.45) is 11.8 Å². The Bertz CT molecular complexity index is 364. The number of rotatable bonds is 4. The summed E-state index contributed by atoms with van der Waals surface area (Å²) < 4.78 is 9.07. The zero-order valence-electron chi connectivity index (χ0n) is 10.7. The third-order valence-corrected chi connectivity index (χ3v) is 2.93. The van der Waals surface area contributed by atoms with Crippen molar-refractivity contribution < 1.29 is 38.9 Å². The van der Waals surface area contributed by atoms with Gasteiger partial charge in [-0.25, -0.2) is 0 Å². The fourth-order valence-electron chi connectivity index (χ4n) is 1.93. The van der Waals surface area contributed by atoms with Gasteiger partial charge in [-0.1, -0.05) is 0 Å². The number of carbonyl (C=O) groups excluding carboxylic acids is 4. The first-order valence-electron chi connectivity index (χ1n) is 6.20. The molecule has 1 heterocycles. The molecule has 0 aromatic heterocycles. The van der Waals surface area contributed by atoms with Crippen molar-refractivity contribution in [2.45, 2.75) is 25.7 Å². The molecule has 20 heavy (non-hydrogen) atoms. The molecule has 0 aromatic carbocycles. The van der Waals surface area contributed by atoms with Gasteiger partial charge in [0, 0.05) is 13.2 Å². The van der Waals surface area contributed by atoms with Gasteiger partial charge < -0.3 is 19.7 Å². The Labute approximate surface area is 114 Å². The first kappa shape index (κ1) is 16.3. The van der Waals surface area contributed by atoms with Gasteiger partial charge in [-0.2, -0.15) is 0 Å². The minimum atomic E-state index is -1.14. The lowest BCUT2D eigenvalue weighted by molar-refractivity contribution is -0.176. The summed E-state index contributed by atoms with van der Waals surface area (Å²) in [6.07, 6.45) is -1.01. The second-order valence-corrected chi connectivity index (χ2v) is 4.32. The average Bonchev–Trinajstić information content (AvgIpc) is 2.39. The minimum absolute atomic E-state index is 0.139. The second kappa shape index (κ2) is 7.71. The van der Waals surface area contributed by atoms with Crippen molar-refractivity contribution in [2.75, 3.05) is 13.2 Å². The van der Waals surface area contributed by atoms with Gasteiger partial charge in [0.05, 0.1) is 24.7 Å². The number of esters is 4. The van der Waals surface area contributed by atoms with Gasteiger partial charge in [0.1, 0.15) is 0 Å². The zero-order chi connectivity index (χ0) is 15.1. The molecule has 8 heteroatoms. The van der Waals surface area contributed by atoms with E-state index in [0.717, 1.165) is 0 Å². The normalized spacial score (nSPS) is 25.1. The highest BCUT2D eigenvalue weighted by molar-refractivity contribution is 5.95. The van der Waals surface area contributed by atoms with Gasteiger partial charge in [-0.3, -0.25) is 19.2 Å². The van der Waals surface area contributed by atoms with Crippen LogP contribution in [0.5, 0.6) is 0 Å². The molecule has 0 spiro atoms. The summed E-state index contributed by atoms with van der Waals surface area (Å²) in [7, 11) is 0. The molecule has 1 aliphatic heterocycles. The smallest absolute Gasteiger partial charge is 0.317 e. The van der Waals surface area contributed by atoms with Crippen LogP contribution in [0.15, 0.2) is 0 Å². The predicted octanol–water partition coefficient (Wildman–Crippen LogP) is -1.08. The summed E-state index contributed by atoms with van der Waals surface area (Å²) >= 11 is 0. The molecule has 0 amide bonds. The van der Waals surface area contributed by atoms with Crippen LogP contribution >= 0.6 is 0 Å². The summed E-state index contributed by atoms with van der Waals surface area (Å²) in [5, 5.41) is 17.9. The Morgan fingerprint density at radius 2 is 1.15 bits per heavy atom. The number of hydrogen-bond acceptors (Lipinski definition) is 8. The van der Waals surface area contributed by atoms with E-state index in [2.05, 4.69) is 9.47 Å². The molecule has 1 saturated heterocycles. The topological polar surface area (TPSA) is 127 Å². The van der Waals surface area contributed by atoms with Crippen LogP contribution in [0.25, 0.3) is 0 Å². The van der Waals surface area contributed by atoms with E-state index in [-0.39, 0.29) is 25.7 Å². The molecule has 1 rings (SSSR count). The van der Waals surface area contributed by atoms with E-state index >= 15 is 0 Å². The standard InChI is InChI=1S/C12H16O8/c13-5-3-7-8(4-6-14)12(18)20-10(16)2-1-9(15)19-11(7)17/h7-8,13-14H,1-6H2. The number of aliphatic hydroxyl groups excluding tert-OH is 2. The van der Waals surface area contributed by atoms with Crippen LogP contribution < -0.4 is 0 Å². The van der Waals surface area contributed by atoms with Gasteiger partial charge in [0.15, 0.2) is 0 Å². The van der Waals surface area contributed by atoms with Crippen molar-refractivity contribution in [3.63, 3.8) is 0 Å². The van der Waals surface area contributed by atoms with E-state index in [4.69, 9.17) is 10.2 Å². The van der Waals surface area contributed by atoms with Crippen LogP contribution in [-0.4, -0.2) is 47.3 Å². The maximum absolute atomic E-state index is 11.8. The fraction of sp³-hybridized carbons (Fsp3) is 0.667. The first-order valence-corrected chi connectivity index (χ1v) is 6.20. The highest BCUT2D eigenvalue weighted by atomic mass is 16.6. The van der Waals surface area contributed by atoms with E-state index in [1.54, 1.807) is 0 Å². The Kier molecular flexibility index (Phi) is 6.26. The molecule has 0 aliphatic carbocycles. The lowest BCUT2D eigenvalue weighted by Gasteiger charge is -2.23. The molecule has 0 aromatic rings. The van der Waals surface area contributed by atoms with E-state index in [0.29, 0.717) is 0 Å². The van der Waals surface area contributed by atoms with Gasteiger partial charge in [0.2, 0.25) is 0 Å². The van der Waals surface area contributed by atoms with Crippen LogP contribution in [0.4, 0.5) is 0 Å². The third-order valence-electron chi connectivity index (χ3n) is 2.93. The molecule has 112 valence electrons. The number of cyclic esters (lactones) is 4. The maximum atomic E-state index is 11.8. The van der Waals surface area contributed by atoms with Crippen LogP contribution in [0.2, 0.25) is 0 Å². The number of ether oxygens (including phenoxy) is 2. The van der Waals surface area contributed by atoms with Crippen molar-refractivity contribution in [3.8, 4) is 0 Å². The van der Waals surface area contributed by atoms with Gasteiger partial charge in [0.25, 0.3) is 0 Å². The van der Waals surface area contributed by atoms with E-state index in [1.165, 1.54) is 0 Å². The first-order chi connectivity index (χ1) is 9.49. The van der Waals surface area contributed by atoms with Crippen LogP contribution in [0.3, 0.4) is 0 Å². The quantitative estimate of drug-likeness (QED) is 0.494. The molecule has 1 fully saturated rings.